The minimum atomic E-state index is -2.20. The Kier molecular flexibility index (Phi) is 9.19. The molecule has 0 amide bonds. The molecule has 3 aliphatic carbocycles. The van der Waals surface area contributed by atoms with Crippen LogP contribution in [0.1, 0.15) is 120 Å². The zero-order chi connectivity index (χ0) is 35.0. The number of rotatable bonds is 6. The Morgan fingerprint density at radius 2 is 1.31 bits per heavy atom. The van der Waals surface area contributed by atoms with Crippen LogP contribution in [0.4, 0.5) is 0 Å². The quantitative estimate of drug-likeness (QED) is 0.173. The first kappa shape index (κ1) is 34.9. The van der Waals surface area contributed by atoms with E-state index in [1.54, 1.807) is 44.5 Å². The third-order valence-corrected chi connectivity index (χ3v) is 33.7. The van der Waals surface area contributed by atoms with Crippen LogP contribution in [0.25, 0.3) is 34.4 Å². The second-order valence-electron chi connectivity index (χ2n) is 17.9. The molecule has 0 radical (unpaired) electrons. The van der Waals surface area contributed by atoms with Crippen LogP contribution in [0, 0.1) is 5.92 Å². The van der Waals surface area contributed by atoms with E-state index in [9.17, 15) is 0 Å². The summed E-state index contributed by atoms with van der Waals surface area (Å²) in [7, 11) is 0. The van der Waals surface area contributed by atoms with E-state index in [4.69, 9.17) is 0 Å². The van der Waals surface area contributed by atoms with E-state index < -0.39 is 26.8 Å². The van der Waals surface area contributed by atoms with Gasteiger partial charge in [-0.25, -0.2) is 0 Å². The molecule has 0 fully saturated rings. The molecule has 0 bridgehead atoms. The van der Waals surface area contributed by atoms with Crippen molar-refractivity contribution in [2.24, 2.45) is 5.92 Å². The molecule has 0 nitrogen and oxygen atoms in total. The van der Waals surface area contributed by atoms with Crippen LogP contribution in [0.5, 0.6) is 0 Å². The Hall–Kier alpha value is -2.54. The summed E-state index contributed by atoms with van der Waals surface area (Å²) in [5.74, 6) is -0.410. The van der Waals surface area contributed by atoms with Crippen molar-refractivity contribution in [1.82, 2.24) is 0 Å². The van der Waals surface area contributed by atoms with E-state index in [0.717, 1.165) is 0 Å². The molecule has 0 N–H and O–H groups in total. The van der Waals surface area contributed by atoms with E-state index >= 15 is 0 Å². The Morgan fingerprint density at radius 1 is 0.694 bits per heavy atom. The Bertz CT molecular complexity index is 1960. The molecule has 7 rings (SSSR count). The average Bonchev–Trinajstić information content (AvgIpc) is 3.75. The monoisotopic (exact) mass is 739 g/mol. The van der Waals surface area contributed by atoms with E-state index in [2.05, 4.69) is 160 Å². The number of fused-ring (bicyclic) bond motifs is 3. The summed E-state index contributed by atoms with van der Waals surface area (Å²) in [5.41, 5.74) is 22.0. The predicted molar refractivity (Wildman–Crippen MR) is 214 cm³/mol. The minimum absolute atomic E-state index is 0.162. The van der Waals surface area contributed by atoms with Crippen molar-refractivity contribution >= 4 is 18.1 Å². The summed E-state index contributed by atoms with van der Waals surface area (Å²) in [6, 6.07) is 29.1. The van der Waals surface area contributed by atoms with Gasteiger partial charge in [0, 0.05) is 0 Å². The van der Waals surface area contributed by atoms with Crippen molar-refractivity contribution in [3.8, 4) is 22.3 Å². The summed E-state index contributed by atoms with van der Waals surface area (Å²) in [6.45, 7) is 26.8. The molecule has 3 aliphatic rings. The third kappa shape index (κ3) is 6.22. The van der Waals surface area contributed by atoms with Crippen LogP contribution in [-0.2, 0) is 44.6 Å². The first-order valence-electron chi connectivity index (χ1n) is 18.9. The average molecular weight is 741 g/mol. The van der Waals surface area contributed by atoms with Crippen LogP contribution in [-0.4, -0.2) is 5.92 Å². The standard InChI is InChI=1S/C23H25.C22H25.C2H7Si.Zr/c1-15-12-18-14-17-6-5-7-20(17)22(21(18)13-15)16-8-10-19(11-9-16)23(2,3)4;1-15(2)18-13-17-7-6-8-20(21(17)14-18)16-9-11-19(12-10-16)22(3,4)5;1-3-2;/h8-14H,5-7H2,1-4H3;6-15H,1-5H3;3H,1-2H3;. The molecule has 0 aliphatic heterocycles. The molecule has 2 atom stereocenters. The Balaban J connectivity index is 1.36. The number of hydrogen-bond donors (Lipinski definition) is 0. The fourth-order valence-corrected chi connectivity index (χ4v) is 32.4. The molecule has 2 unspecified atom stereocenters. The van der Waals surface area contributed by atoms with Gasteiger partial charge in [-0.2, -0.15) is 0 Å². The number of hydrogen-bond acceptors (Lipinski definition) is 0. The molecule has 49 heavy (non-hydrogen) atoms. The van der Waals surface area contributed by atoms with Gasteiger partial charge in [0.15, 0.2) is 0 Å². The second kappa shape index (κ2) is 12.9. The fourth-order valence-electron chi connectivity index (χ4n) is 9.18. The molecule has 253 valence electrons. The van der Waals surface area contributed by atoms with Gasteiger partial charge in [-0.15, -0.1) is 0 Å². The molecule has 4 aromatic carbocycles. The van der Waals surface area contributed by atoms with Gasteiger partial charge in [0.1, 0.15) is 0 Å². The van der Waals surface area contributed by atoms with Crippen molar-refractivity contribution in [1.29, 1.82) is 0 Å². The number of allylic oxidation sites excluding steroid dienone is 2. The fraction of sp³-hybridized carbons (Fsp3) is 0.404. The number of aryl methyl sites for hydroxylation is 1. The van der Waals surface area contributed by atoms with E-state index in [1.165, 1.54) is 52.6 Å². The Morgan fingerprint density at radius 3 is 1.88 bits per heavy atom. The van der Waals surface area contributed by atoms with Gasteiger partial charge >= 0.3 is 308 Å². The van der Waals surface area contributed by atoms with E-state index in [0.29, 0.717) is 13.2 Å². The van der Waals surface area contributed by atoms with Crippen LogP contribution in [0.2, 0.25) is 13.1 Å². The van der Waals surface area contributed by atoms with Crippen LogP contribution < -0.4 is 0 Å². The Labute approximate surface area is 306 Å². The van der Waals surface area contributed by atoms with Gasteiger partial charge in [0.25, 0.3) is 0 Å². The summed E-state index contributed by atoms with van der Waals surface area (Å²) in [6.07, 6.45) is 9.06. The zero-order valence-corrected chi connectivity index (χ0v) is 35.6. The SMILES string of the molecule is CC1=Cc2c(cc3c(c2-c2ccc(C(C)(C)C)cc2)CCC3)[CH]1[Zr]([CH]1C(C(C)C)=Cc2c(-c3ccc(C(C)(C)C)cc3)cccc21)[SiH](C)C. The topological polar surface area (TPSA) is 0 Å². The van der Waals surface area contributed by atoms with Gasteiger partial charge in [0.2, 0.25) is 0 Å². The summed E-state index contributed by atoms with van der Waals surface area (Å²) >= 11 is -2.20. The molecule has 4 aromatic rings. The van der Waals surface area contributed by atoms with Gasteiger partial charge in [-0.05, 0) is 0 Å². The van der Waals surface area contributed by atoms with Crippen molar-refractivity contribution in [2.45, 2.75) is 113 Å². The summed E-state index contributed by atoms with van der Waals surface area (Å²) < 4.78 is 1.32. The van der Waals surface area contributed by atoms with Gasteiger partial charge in [-0.1, -0.05) is 0 Å². The molecular formula is C47H57SiZr. The van der Waals surface area contributed by atoms with Gasteiger partial charge in [-0.3, -0.25) is 0 Å². The van der Waals surface area contributed by atoms with Crippen LogP contribution >= 0.6 is 0 Å². The van der Waals surface area contributed by atoms with E-state index in [-0.39, 0.29) is 10.8 Å². The molecule has 0 saturated carbocycles. The predicted octanol–water partition coefficient (Wildman–Crippen LogP) is 13.0. The molecule has 0 spiro atoms. The first-order valence-corrected chi connectivity index (χ1v) is 28.9. The first-order chi connectivity index (χ1) is 23.1. The summed E-state index contributed by atoms with van der Waals surface area (Å²) in [5, 5.41) is 0. The van der Waals surface area contributed by atoms with Gasteiger partial charge in [0.05, 0.1) is 0 Å². The van der Waals surface area contributed by atoms with Crippen molar-refractivity contribution in [3.05, 3.63) is 128 Å². The normalized spacial score (nSPS) is 18.5. The molecule has 0 aromatic heterocycles. The molecule has 2 heteroatoms. The van der Waals surface area contributed by atoms with Gasteiger partial charge < -0.3 is 0 Å². The van der Waals surface area contributed by atoms with Crippen molar-refractivity contribution in [2.75, 3.05) is 0 Å². The van der Waals surface area contributed by atoms with E-state index in [1.807, 2.05) is 0 Å². The zero-order valence-electron chi connectivity index (χ0n) is 32.0. The summed E-state index contributed by atoms with van der Waals surface area (Å²) in [4.78, 5) is 0. The second-order valence-corrected chi connectivity index (χ2v) is 38.0. The maximum absolute atomic E-state index is 2.72. The van der Waals surface area contributed by atoms with Crippen LogP contribution in [0.3, 0.4) is 0 Å². The molecular weight excluding hydrogens is 684 g/mol. The molecule has 0 heterocycles. The van der Waals surface area contributed by atoms with Crippen molar-refractivity contribution in [3.63, 3.8) is 0 Å². The maximum atomic E-state index is 2.72. The van der Waals surface area contributed by atoms with Crippen LogP contribution in [0.15, 0.2) is 83.9 Å². The third-order valence-electron chi connectivity index (χ3n) is 11.8. The van der Waals surface area contributed by atoms with Crippen molar-refractivity contribution < 1.29 is 20.9 Å². The molecule has 0 saturated heterocycles. The number of benzene rings is 4.